The van der Waals surface area contributed by atoms with Gasteiger partial charge in [0.25, 0.3) is 0 Å². The zero-order valence-electron chi connectivity index (χ0n) is 53.5. The summed E-state index contributed by atoms with van der Waals surface area (Å²) >= 11 is 0. The number of carbonyl (C=O) groups is 3. The van der Waals surface area contributed by atoms with Crippen molar-refractivity contribution < 1.29 is 28.6 Å². The van der Waals surface area contributed by atoms with Crippen molar-refractivity contribution in [1.82, 2.24) is 0 Å². The quantitative estimate of drug-likeness (QED) is 0.0343. The normalized spacial score (nSPS) is 11.9. The third-order valence-corrected chi connectivity index (χ3v) is 16.9. The Labute approximate surface area is 488 Å². The monoisotopic (exact) mass is 1100 g/mol. The number of ether oxygens (including phenoxy) is 3. The van der Waals surface area contributed by atoms with Crippen molar-refractivity contribution in [3.8, 4) is 0 Å². The van der Waals surface area contributed by atoms with E-state index in [-0.39, 0.29) is 31.1 Å². The highest BCUT2D eigenvalue weighted by atomic mass is 16.6. The molecule has 0 saturated carbocycles. The maximum Gasteiger partial charge on any atom is 0.306 e. The van der Waals surface area contributed by atoms with E-state index in [4.69, 9.17) is 14.2 Å². The Balaban J connectivity index is 3.91. The predicted octanol–water partition coefficient (Wildman–Crippen LogP) is 24.6. The molecule has 6 nitrogen and oxygen atoms in total. The second-order valence-electron chi connectivity index (χ2n) is 24.9. The molecule has 0 saturated heterocycles. The standard InChI is InChI=1S/C72H140O6/c1-4-7-10-13-16-18-20-22-24-26-28-30-32-33-34-35-36-37-38-39-41-42-44-46-48-50-52-54-56-59-62-65-71(74)77-68-69(67-76-70(73)64-61-58-15-12-9-6-3)78-72(75)66-63-60-57-55-53-51-49-47-45-43-40-31-29-27-25-23-21-19-17-14-11-8-5-2/h69H,4-68H2,1-3H3. The van der Waals surface area contributed by atoms with Gasteiger partial charge in [0.05, 0.1) is 0 Å². The van der Waals surface area contributed by atoms with E-state index >= 15 is 0 Å². The highest BCUT2D eigenvalue weighted by molar-refractivity contribution is 5.71. The topological polar surface area (TPSA) is 78.9 Å². The first-order valence-electron chi connectivity index (χ1n) is 36.0. The van der Waals surface area contributed by atoms with Crippen molar-refractivity contribution in [3.63, 3.8) is 0 Å². The number of hydrogen-bond donors (Lipinski definition) is 0. The van der Waals surface area contributed by atoms with Gasteiger partial charge in [-0.25, -0.2) is 0 Å². The average Bonchev–Trinajstić information content (AvgIpc) is 3.44. The van der Waals surface area contributed by atoms with Crippen molar-refractivity contribution in [2.75, 3.05) is 13.2 Å². The molecule has 78 heavy (non-hydrogen) atoms. The van der Waals surface area contributed by atoms with Crippen LogP contribution in [0, 0.1) is 0 Å². The molecule has 0 aliphatic rings. The second-order valence-corrected chi connectivity index (χ2v) is 24.9. The van der Waals surface area contributed by atoms with Crippen molar-refractivity contribution >= 4 is 17.9 Å². The Morgan fingerprint density at radius 2 is 0.346 bits per heavy atom. The lowest BCUT2D eigenvalue weighted by Crippen LogP contribution is -2.30. The number of unbranched alkanes of at least 4 members (excludes halogenated alkanes) is 57. The number of esters is 3. The van der Waals surface area contributed by atoms with Crippen molar-refractivity contribution in [3.05, 3.63) is 0 Å². The molecule has 0 rings (SSSR count). The fraction of sp³-hybridized carbons (Fsp3) is 0.958. The van der Waals surface area contributed by atoms with Crippen LogP contribution < -0.4 is 0 Å². The lowest BCUT2D eigenvalue weighted by molar-refractivity contribution is -0.167. The molecule has 0 aromatic heterocycles. The first-order valence-corrected chi connectivity index (χ1v) is 36.0. The van der Waals surface area contributed by atoms with Crippen LogP contribution >= 0.6 is 0 Å². The Kier molecular flexibility index (Phi) is 66.5. The van der Waals surface area contributed by atoms with Gasteiger partial charge < -0.3 is 14.2 Å². The molecule has 0 aliphatic carbocycles. The maximum absolute atomic E-state index is 12.9. The second kappa shape index (κ2) is 67.9. The van der Waals surface area contributed by atoms with Crippen LogP contribution in [0.1, 0.15) is 425 Å². The maximum atomic E-state index is 12.9. The van der Waals surface area contributed by atoms with Crippen LogP contribution in [0.15, 0.2) is 0 Å². The third-order valence-electron chi connectivity index (χ3n) is 16.9. The molecule has 1 atom stereocenters. The molecule has 0 N–H and O–H groups in total. The number of hydrogen-bond acceptors (Lipinski definition) is 6. The Morgan fingerprint density at radius 3 is 0.513 bits per heavy atom. The first-order chi connectivity index (χ1) is 38.5. The zero-order chi connectivity index (χ0) is 56.4. The van der Waals surface area contributed by atoms with Crippen LogP contribution in [0.2, 0.25) is 0 Å². The molecule has 1 unspecified atom stereocenters. The molecule has 0 fully saturated rings. The summed E-state index contributed by atoms with van der Waals surface area (Å²) in [5.74, 6) is -0.837. The van der Waals surface area contributed by atoms with Crippen molar-refractivity contribution in [2.24, 2.45) is 0 Å². The summed E-state index contributed by atoms with van der Waals surface area (Å²) in [4.78, 5) is 38.1. The Hall–Kier alpha value is -1.59. The molecule has 0 heterocycles. The molecule has 0 bridgehead atoms. The molecule has 0 radical (unpaired) electrons. The fourth-order valence-electron chi connectivity index (χ4n) is 11.5. The van der Waals surface area contributed by atoms with Crippen LogP contribution in [-0.2, 0) is 28.6 Å². The van der Waals surface area contributed by atoms with Crippen molar-refractivity contribution in [2.45, 2.75) is 431 Å². The summed E-state index contributed by atoms with van der Waals surface area (Å²) in [5.41, 5.74) is 0. The van der Waals surface area contributed by atoms with Gasteiger partial charge in [-0.1, -0.05) is 387 Å². The number of rotatable bonds is 68. The lowest BCUT2D eigenvalue weighted by atomic mass is 10.0. The minimum Gasteiger partial charge on any atom is -0.462 e. The summed E-state index contributed by atoms with van der Waals surface area (Å²) in [5, 5.41) is 0. The van der Waals surface area contributed by atoms with E-state index in [9.17, 15) is 14.4 Å². The SMILES string of the molecule is CCCCCCCCCCCCCCCCCCCCCCCCCCCCCCCCCC(=O)OCC(COC(=O)CCCCCCCC)OC(=O)CCCCCCCCCCCCCCCCCCCCCCCCC. The van der Waals surface area contributed by atoms with E-state index < -0.39 is 6.10 Å². The van der Waals surface area contributed by atoms with E-state index in [1.54, 1.807) is 0 Å². The van der Waals surface area contributed by atoms with Gasteiger partial charge in [0, 0.05) is 19.3 Å². The number of carbonyl (C=O) groups excluding carboxylic acids is 3. The van der Waals surface area contributed by atoms with E-state index in [1.165, 1.54) is 327 Å². The van der Waals surface area contributed by atoms with E-state index in [2.05, 4.69) is 20.8 Å². The molecular formula is C72H140O6. The molecule has 0 aromatic carbocycles. The minimum absolute atomic E-state index is 0.0616. The van der Waals surface area contributed by atoms with Gasteiger partial charge >= 0.3 is 17.9 Å². The van der Waals surface area contributed by atoms with Gasteiger partial charge in [0.2, 0.25) is 0 Å². The summed E-state index contributed by atoms with van der Waals surface area (Å²) in [6.07, 6.45) is 80.5. The minimum atomic E-state index is -0.761. The van der Waals surface area contributed by atoms with E-state index in [0.717, 1.165) is 57.8 Å². The highest BCUT2D eigenvalue weighted by Crippen LogP contribution is 2.20. The lowest BCUT2D eigenvalue weighted by Gasteiger charge is -2.18. The third kappa shape index (κ3) is 65.2. The molecular weight excluding hydrogens is 961 g/mol. The van der Waals surface area contributed by atoms with Gasteiger partial charge in [-0.15, -0.1) is 0 Å². The van der Waals surface area contributed by atoms with Crippen LogP contribution in [0.25, 0.3) is 0 Å². The van der Waals surface area contributed by atoms with E-state index in [1.807, 2.05) is 0 Å². The summed E-state index contributed by atoms with van der Waals surface area (Å²) in [7, 11) is 0. The van der Waals surface area contributed by atoms with Crippen molar-refractivity contribution in [1.29, 1.82) is 0 Å². The van der Waals surface area contributed by atoms with Gasteiger partial charge in [-0.3, -0.25) is 14.4 Å². The summed E-state index contributed by atoms with van der Waals surface area (Å²) in [6, 6.07) is 0. The largest absolute Gasteiger partial charge is 0.462 e. The van der Waals surface area contributed by atoms with Crippen LogP contribution in [0.5, 0.6) is 0 Å². The van der Waals surface area contributed by atoms with Gasteiger partial charge in [0.1, 0.15) is 13.2 Å². The van der Waals surface area contributed by atoms with Crippen LogP contribution in [0.3, 0.4) is 0 Å². The smallest absolute Gasteiger partial charge is 0.306 e. The fourth-order valence-corrected chi connectivity index (χ4v) is 11.5. The molecule has 464 valence electrons. The van der Waals surface area contributed by atoms with Gasteiger partial charge in [-0.05, 0) is 19.3 Å². The Bertz CT molecular complexity index is 1170. The summed E-state index contributed by atoms with van der Waals surface area (Å²) < 4.78 is 16.9. The van der Waals surface area contributed by atoms with Crippen LogP contribution in [0.4, 0.5) is 0 Å². The molecule has 0 amide bonds. The Morgan fingerprint density at radius 1 is 0.205 bits per heavy atom. The van der Waals surface area contributed by atoms with Gasteiger partial charge in [0.15, 0.2) is 6.10 Å². The summed E-state index contributed by atoms with van der Waals surface area (Å²) in [6.45, 7) is 6.68. The molecule has 0 aromatic rings. The molecule has 0 spiro atoms. The van der Waals surface area contributed by atoms with E-state index in [0.29, 0.717) is 19.3 Å². The zero-order valence-corrected chi connectivity index (χ0v) is 53.5. The molecule has 0 aliphatic heterocycles. The average molecular weight is 1100 g/mol. The van der Waals surface area contributed by atoms with Crippen LogP contribution in [-0.4, -0.2) is 37.2 Å². The molecule has 6 heteroatoms. The first kappa shape index (κ1) is 76.4. The highest BCUT2D eigenvalue weighted by Gasteiger charge is 2.19. The van der Waals surface area contributed by atoms with Gasteiger partial charge in [-0.2, -0.15) is 0 Å². The predicted molar refractivity (Wildman–Crippen MR) is 340 cm³/mol.